The van der Waals surface area contributed by atoms with Gasteiger partial charge < -0.3 is 5.32 Å². The first-order valence-corrected chi connectivity index (χ1v) is 11.4. The lowest BCUT2D eigenvalue weighted by atomic mass is 10.0. The van der Waals surface area contributed by atoms with E-state index in [1.54, 1.807) is 16.0 Å². The van der Waals surface area contributed by atoms with Gasteiger partial charge in [-0.1, -0.05) is 72.4 Å². The molecule has 1 amide bonds. The summed E-state index contributed by atoms with van der Waals surface area (Å²) in [6.45, 7) is 2.60. The smallest absolute Gasteiger partial charge is 0.230 e. The molecule has 1 N–H and O–H groups in total. The quantitative estimate of drug-likeness (QED) is 0.415. The lowest BCUT2D eigenvalue weighted by molar-refractivity contribution is -0.119. The topological polar surface area (TPSA) is 72.7 Å². The van der Waals surface area contributed by atoms with Crippen molar-refractivity contribution in [2.45, 2.75) is 24.7 Å². The number of nitrogens with one attached hydrogen (secondary N) is 1. The Morgan fingerprint density at radius 1 is 1.07 bits per heavy atom. The zero-order chi connectivity index (χ0) is 20.8. The highest BCUT2D eigenvalue weighted by atomic mass is 32.2. The lowest BCUT2D eigenvalue weighted by Crippen LogP contribution is -2.28. The monoisotopic (exact) mass is 435 g/mol. The normalized spacial score (nSPS) is 11.9. The summed E-state index contributed by atoms with van der Waals surface area (Å²) in [5.41, 5.74) is 3.40. The second-order valence-corrected chi connectivity index (χ2v) is 8.74. The second-order valence-electron chi connectivity index (χ2n) is 6.76. The van der Waals surface area contributed by atoms with Gasteiger partial charge in [-0.25, -0.2) is 4.68 Å². The van der Waals surface area contributed by atoms with E-state index in [4.69, 9.17) is 0 Å². The molecule has 0 saturated carbocycles. The molecule has 2 heterocycles. The van der Waals surface area contributed by atoms with Crippen molar-refractivity contribution >= 4 is 29.0 Å². The van der Waals surface area contributed by atoms with Crippen LogP contribution < -0.4 is 5.32 Å². The molecular weight excluding hydrogens is 414 g/mol. The van der Waals surface area contributed by atoms with Gasteiger partial charge in [-0.15, -0.1) is 16.4 Å². The molecule has 0 radical (unpaired) electrons. The number of nitrogens with zero attached hydrogens (tertiary/aromatic N) is 4. The third-order valence-corrected chi connectivity index (χ3v) is 6.43. The van der Waals surface area contributed by atoms with Crippen molar-refractivity contribution < 1.29 is 4.79 Å². The Morgan fingerprint density at radius 2 is 1.83 bits per heavy atom. The van der Waals surface area contributed by atoms with E-state index >= 15 is 0 Å². The van der Waals surface area contributed by atoms with Crippen molar-refractivity contribution in [1.82, 2.24) is 25.5 Å². The number of benzene rings is 2. The van der Waals surface area contributed by atoms with E-state index in [-0.39, 0.29) is 17.7 Å². The molecule has 30 heavy (non-hydrogen) atoms. The van der Waals surface area contributed by atoms with Gasteiger partial charge in [0.2, 0.25) is 11.1 Å². The summed E-state index contributed by atoms with van der Waals surface area (Å²) in [5, 5.41) is 17.5. The number of rotatable bonds is 8. The van der Waals surface area contributed by atoms with E-state index in [1.807, 2.05) is 42.6 Å². The summed E-state index contributed by atoms with van der Waals surface area (Å²) >= 11 is 2.99. The molecule has 1 atom stereocenters. The first kappa shape index (κ1) is 20.3. The zero-order valence-electron chi connectivity index (χ0n) is 16.4. The van der Waals surface area contributed by atoms with Crippen LogP contribution in [0.4, 0.5) is 0 Å². The van der Waals surface area contributed by atoms with E-state index in [0.29, 0.717) is 11.7 Å². The van der Waals surface area contributed by atoms with E-state index in [1.165, 1.54) is 22.2 Å². The Labute approximate surface area is 183 Å². The fourth-order valence-electron chi connectivity index (χ4n) is 3.04. The predicted octanol–water partition coefficient (Wildman–Crippen LogP) is 4.42. The minimum atomic E-state index is -0.0787. The number of tetrazole rings is 1. The summed E-state index contributed by atoms with van der Waals surface area (Å²) in [6, 6.07) is 22.5. The van der Waals surface area contributed by atoms with Crippen LogP contribution >= 0.6 is 23.1 Å². The summed E-state index contributed by atoms with van der Waals surface area (Å²) in [4.78, 5) is 13.6. The molecule has 2 aromatic carbocycles. The third kappa shape index (κ3) is 5.14. The van der Waals surface area contributed by atoms with Crippen LogP contribution in [0, 0.1) is 0 Å². The first-order valence-electron chi connectivity index (χ1n) is 9.55. The molecule has 8 heteroatoms. The fourth-order valence-corrected chi connectivity index (χ4v) is 4.41. The lowest BCUT2D eigenvalue weighted by Gasteiger charge is -2.15. The van der Waals surface area contributed by atoms with Crippen LogP contribution in [-0.4, -0.2) is 31.9 Å². The van der Waals surface area contributed by atoms with Crippen LogP contribution in [0.1, 0.15) is 23.4 Å². The third-order valence-electron chi connectivity index (χ3n) is 4.61. The number of thioether (sulfide) groups is 1. The molecule has 0 spiro atoms. The molecular formula is C22H21N5OS2. The van der Waals surface area contributed by atoms with Gasteiger partial charge in [-0.05, 0) is 45.5 Å². The zero-order valence-corrected chi connectivity index (χ0v) is 18.1. The average molecular weight is 436 g/mol. The summed E-state index contributed by atoms with van der Waals surface area (Å²) < 4.78 is 1.72. The summed E-state index contributed by atoms with van der Waals surface area (Å²) in [6.07, 6.45) is 0. The van der Waals surface area contributed by atoms with Gasteiger partial charge in [0, 0.05) is 4.88 Å². The van der Waals surface area contributed by atoms with Crippen LogP contribution in [0.5, 0.6) is 0 Å². The van der Waals surface area contributed by atoms with Gasteiger partial charge in [-0.3, -0.25) is 4.79 Å². The number of carbonyl (C=O) groups is 1. The van der Waals surface area contributed by atoms with E-state index in [2.05, 4.69) is 57.2 Å². The van der Waals surface area contributed by atoms with Crippen molar-refractivity contribution in [3.63, 3.8) is 0 Å². The molecule has 0 bridgehead atoms. The maximum Gasteiger partial charge on any atom is 0.230 e. The molecule has 0 aliphatic heterocycles. The van der Waals surface area contributed by atoms with Gasteiger partial charge in [0.05, 0.1) is 18.3 Å². The van der Waals surface area contributed by atoms with E-state index < -0.39 is 0 Å². The highest BCUT2D eigenvalue weighted by molar-refractivity contribution is 7.99. The summed E-state index contributed by atoms with van der Waals surface area (Å²) in [5.74, 6) is 0.211. The average Bonchev–Trinajstić information content (AvgIpc) is 3.45. The predicted molar refractivity (Wildman–Crippen MR) is 120 cm³/mol. The Balaban J connectivity index is 1.31. The van der Waals surface area contributed by atoms with Crippen molar-refractivity contribution in [2.24, 2.45) is 0 Å². The molecule has 0 aliphatic rings. The molecule has 4 rings (SSSR count). The minimum Gasteiger partial charge on any atom is -0.349 e. The Hall–Kier alpha value is -2.97. The number of thiophene rings is 1. The Morgan fingerprint density at radius 3 is 2.57 bits per heavy atom. The van der Waals surface area contributed by atoms with Crippen LogP contribution in [0.15, 0.2) is 77.3 Å². The number of aromatic nitrogens is 4. The molecule has 0 aliphatic carbocycles. The standard InChI is InChI=1S/C22H21N5OS2/c1-16(17-9-11-19(12-10-17)18-6-3-2-4-7-18)23-21(28)15-30-22-24-25-26-27(22)14-20-8-5-13-29-20/h2-13,16H,14-15H2,1H3,(H,23,28). The molecule has 6 nitrogen and oxygen atoms in total. The molecule has 0 fully saturated rings. The highest BCUT2D eigenvalue weighted by Crippen LogP contribution is 2.22. The maximum atomic E-state index is 12.4. The van der Waals surface area contributed by atoms with Crippen LogP contribution in [0.25, 0.3) is 11.1 Å². The van der Waals surface area contributed by atoms with Crippen molar-refractivity contribution in [3.05, 3.63) is 82.6 Å². The van der Waals surface area contributed by atoms with Crippen LogP contribution in [0.3, 0.4) is 0 Å². The molecule has 0 saturated heterocycles. The SMILES string of the molecule is CC(NC(=O)CSc1nnnn1Cc1cccs1)c1ccc(-c2ccccc2)cc1. The first-order chi connectivity index (χ1) is 14.7. The van der Waals surface area contributed by atoms with Crippen molar-refractivity contribution in [1.29, 1.82) is 0 Å². The van der Waals surface area contributed by atoms with E-state index in [0.717, 1.165) is 11.1 Å². The van der Waals surface area contributed by atoms with Gasteiger partial charge >= 0.3 is 0 Å². The molecule has 1 unspecified atom stereocenters. The largest absolute Gasteiger partial charge is 0.349 e. The van der Waals surface area contributed by atoms with E-state index in [9.17, 15) is 4.79 Å². The number of hydrogen-bond acceptors (Lipinski definition) is 6. The number of amides is 1. The van der Waals surface area contributed by atoms with Gasteiger partial charge in [-0.2, -0.15) is 0 Å². The van der Waals surface area contributed by atoms with Crippen LogP contribution in [0.2, 0.25) is 0 Å². The summed E-state index contributed by atoms with van der Waals surface area (Å²) in [7, 11) is 0. The van der Waals surface area contributed by atoms with Crippen molar-refractivity contribution in [3.8, 4) is 11.1 Å². The number of carbonyl (C=O) groups excluding carboxylic acids is 1. The van der Waals surface area contributed by atoms with Gasteiger partial charge in [0.25, 0.3) is 0 Å². The van der Waals surface area contributed by atoms with Crippen molar-refractivity contribution in [2.75, 3.05) is 5.75 Å². The fraction of sp³-hybridized carbons (Fsp3) is 0.182. The minimum absolute atomic E-state index is 0.0506. The second kappa shape index (κ2) is 9.69. The molecule has 2 aromatic heterocycles. The molecule has 152 valence electrons. The Bertz CT molecular complexity index is 1080. The van der Waals surface area contributed by atoms with Crippen LogP contribution in [-0.2, 0) is 11.3 Å². The van der Waals surface area contributed by atoms with Gasteiger partial charge in [0.1, 0.15) is 0 Å². The number of hydrogen-bond donors (Lipinski definition) is 1. The molecule has 4 aromatic rings. The highest BCUT2D eigenvalue weighted by Gasteiger charge is 2.13. The van der Waals surface area contributed by atoms with Gasteiger partial charge in [0.15, 0.2) is 0 Å². The Kier molecular flexibility index (Phi) is 6.56. The maximum absolute atomic E-state index is 12.4.